The van der Waals surface area contributed by atoms with Gasteiger partial charge < -0.3 is 19.2 Å². The van der Waals surface area contributed by atoms with Crippen molar-refractivity contribution in [3.63, 3.8) is 0 Å². The van der Waals surface area contributed by atoms with Crippen molar-refractivity contribution in [1.82, 2.24) is 19.8 Å². The second-order valence-electron chi connectivity index (χ2n) is 10.5. The molecule has 1 atom stereocenters. The van der Waals surface area contributed by atoms with Crippen LogP contribution in [-0.2, 0) is 0 Å². The van der Waals surface area contributed by atoms with Gasteiger partial charge in [0.2, 0.25) is 0 Å². The van der Waals surface area contributed by atoms with Gasteiger partial charge in [0.15, 0.2) is 11.5 Å². The molecule has 3 heterocycles. The summed E-state index contributed by atoms with van der Waals surface area (Å²) >= 11 is 0. The molecule has 0 radical (unpaired) electrons. The van der Waals surface area contributed by atoms with E-state index in [2.05, 4.69) is 21.7 Å². The quantitative estimate of drug-likeness (QED) is 0.375. The van der Waals surface area contributed by atoms with E-state index in [1.165, 1.54) is 44.2 Å². The zero-order chi connectivity index (χ0) is 24.9. The Kier molecular flexibility index (Phi) is 7.85. The Morgan fingerprint density at radius 1 is 1.08 bits per heavy atom. The number of imidazole rings is 1. The number of benzene rings is 1. The molecule has 6 nitrogen and oxygen atoms in total. The predicted molar refractivity (Wildman–Crippen MR) is 139 cm³/mol. The van der Waals surface area contributed by atoms with Gasteiger partial charge in [-0.15, -0.1) is 0 Å². The number of hydrogen-bond acceptors (Lipinski definition) is 4. The lowest BCUT2D eigenvalue weighted by Gasteiger charge is -2.30. The number of amides is 1. The van der Waals surface area contributed by atoms with Crippen LogP contribution in [0.2, 0.25) is 0 Å². The smallest absolute Gasteiger partial charge is 0.287 e. The highest BCUT2D eigenvalue weighted by atomic mass is 19.1. The molecule has 1 saturated carbocycles. The van der Waals surface area contributed by atoms with E-state index in [0.717, 1.165) is 61.8 Å². The van der Waals surface area contributed by atoms with E-state index in [0.29, 0.717) is 24.1 Å². The second-order valence-corrected chi connectivity index (χ2v) is 10.5. The van der Waals surface area contributed by atoms with Gasteiger partial charge >= 0.3 is 0 Å². The van der Waals surface area contributed by atoms with Crippen LogP contribution in [0.4, 0.5) is 4.39 Å². The lowest BCUT2D eigenvalue weighted by atomic mass is 9.95. The van der Waals surface area contributed by atoms with Gasteiger partial charge in [-0.05, 0) is 87.5 Å². The molecule has 36 heavy (non-hydrogen) atoms. The van der Waals surface area contributed by atoms with Crippen LogP contribution in [-0.4, -0.2) is 46.5 Å². The summed E-state index contributed by atoms with van der Waals surface area (Å²) in [6.07, 6.45) is 11.2. The highest BCUT2D eigenvalue weighted by molar-refractivity contribution is 5.92. The van der Waals surface area contributed by atoms with Gasteiger partial charge in [0.1, 0.15) is 11.5 Å². The van der Waals surface area contributed by atoms with Crippen LogP contribution in [0.3, 0.4) is 0 Å². The fraction of sp³-hybridized carbons (Fsp3) is 0.517. The maximum Gasteiger partial charge on any atom is 0.287 e. The number of likely N-dealkylation sites (tertiary alicyclic amines) is 1. The molecule has 1 aliphatic carbocycles. The van der Waals surface area contributed by atoms with E-state index >= 15 is 0 Å². The Labute approximate surface area is 212 Å². The first kappa shape index (κ1) is 24.8. The lowest BCUT2D eigenvalue weighted by Crippen LogP contribution is -2.36. The average Bonchev–Trinajstić information content (AvgIpc) is 3.55. The molecule has 1 N–H and O–H groups in total. The van der Waals surface area contributed by atoms with E-state index in [1.807, 2.05) is 12.4 Å². The number of furan rings is 1. The van der Waals surface area contributed by atoms with E-state index in [1.54, 1.807) is 18.2 Å². The van der Waals surface area contributed by atoms with Gasteiger partial charge in [0.25, 0.3) is 5.91 Å². The Hall–Kier alpha value is -2.93. The lowest BCUT2D eigenvalue weighted by molar-refractivity contribution is 0.0923. The summed E-state index contributed by atoms with van der Waals surface area (Å²) in [4.78, 5) is 20.0. The van der Waals surface area contributed by atoms with E-state index in [9.17, 15) is 9.18 Å². The second kappa shape index (κ2) is 11.4. The molecule has 0 unspecified atom stereocenters. The van der Waals surface area contributed by atoms with Crippen LogP contribution < -0.4 is 5.32 Å². The Bertz CT molecular complexity index is 1150. The highest BCUT2D eigenvalue weighted by Crippen LogP contribution is 2.38. The van der Waals surface area contributed by atoms with Crippen LogP contribution >= 0.6 is 0 Å². The third kappa shape index (κ3) is 5.72. The van der Waals surface area contributed by atoms with Crippen molar-refractivity contribution < 1.29 is 13.6 Å². The number of carbonyl (C=O) groups is 1. The molecule has 2 fully saturated rings. The van der Waals surface area contributed by atoms with Gasteiger partial charge in [-0.2, -0.15) is 0 Å². The summed E-state index contributed by atoms with van der Waals surface area (Å²) in [6, 6.07) is 10.3. The van der Waals surface area contributed by atoms with Crippen molar-refractivity contribution in [2.24, 2.45) is 5.92 Å². The van der Waals surface area contributed by atoms with E-state index in [4.69, 9.17) is 9.40 Å². The minimum Gasteiger partial charge on any atom is -0.449 e. The molecule has 2 aromatic heterocycles. The largest absolute Gasteiger partial charge is 0.449 e. The molecular formula is C29H37FN4O2. The topological polar surface area (TPSA) is 63.3 Å². The monoisotopic (exact) mass is 492 g/mol. The van der Waals surface area contributed by atoms with Crippen molar-refractivity contribution >= 4 is 5.91 Å². The Morgan fingerprint density at radius 2 is 1.89 bits per heavy atom. The maximum atomic E-state index is 13.6. The third-order valence-corrected chi connectivity index (χ3v) is 7.62. The van der Waals surface area contributed by atoms with E-state index in [-0.39, 0.29) is 11.7 Å². The average molecular weight is 493 g/mol. The van der Waals surface area contributed by atoms with Crippen LogP contribution in [0.15, 0.2) is 47.1 Å². The van der Waals surface area contributed by atoms with Crippen LogP contribution in [0, 0.1) is 11.7 Å². The van der Waals surface area contributed by atoms with Crippen LogP contribution in [0.25, 0.3) is 22.7 Å². The fourth-order valence-corrected chi connectivity index (χ4v) is 5.73. The molecule has 192 valence electrons. The Morgan fingerprint density at radius 3 is 2.67 bits per heavy atom. The number of halogens is 1. The Balaban J connectivity index is 1.30. The molecular weight excluding hydrogens is 455 g/mol. The molecule has 5 rings (SSSR count). The van der Waals surface area contributed by atoms with Gasteiger partial charge in [-0.3, -0.25) is 4.79 Å². The summed E-state index contributed by atoms with van der Waals surface area (Å²) in [7, 11) is 0. The normalized spacial score (nSPS) is 19.4. The van der Waals surface area contributed by atoms with Gasteiger partial charge in [-0.25, -0.2) is 9.37 Å². The van der Waals surface area contributed by atoms with Crippen molar-refractivity contribution in [2.45, 2.75) is 64.3 Å². The number of piperidine rings is 1. The zero-order valence-electron chi connectivity index (χ0n) is 21.2. The maximum absolute atomic E-state index is 13.6. The van der Waals surface area contributed by atoms with Crippen molar-refractivity contribution in [3.8, 4) is 22.7 Å². The standard InChI is InChI=1S/C29H37FN4O2/c1-21-7-5-17-33(19-21)18-6-16-31-29(35)26-15-14-25(36-26)28-27(22-10-12-23(30)13-11-22)32-20-34(28)24-8-3-2-4-9-24/h10-15,20-21,24H,2-9,16-19H2,1H3,(H,31,35)/t21-/m1/s1. The molecule has 1 amide bonds. The molecule has 0 spiro atoms. The first-order chi connectivity index (χ1) is 17.6. The van der Waals surface area contributed by atoms with Crippen molar-refractivity contribution in [3.05, 3.63) is 54.3 Å². The van der Waals surface area contributed by atoms with Gasteiger partial charge in [-0.1, -0.05) is 26.2 Å². The summed E-state index contributed by atoms with van der Waals surface area (Å²) in [5.74, 6) is 1.21. The molecule has 1 aromatic carbocycles. The molecule has 2 aliphatic rings. The van der Waals surface area contributed by atoms with Crippen molar-refractivity contribution in [1.29, 1.82) is 0 Å². The molecule has 1 aliphatic heterocycles. The molecule has 3 aromatic rings. The number of hydrogen-bond donors (Lipinski definition) is 1. The number of nitrogens with zero attached hydrogens (tertiary/aromatic N) is 3. The summed E-state index contributed by atoms with van der Waals surface area (Å²) < 4.78 is 21.9. The minimum absolute atomic E-state index is 0.194. The van der Waals surface area contributed by atoms with Gasteiger partial charge in [0.05, 0.1) is 12.0 Å². The first-order valence-electron chi connectivity index (χ1n) is 13.5. The summed E-state index contributed by atoms with van der Waals surface area (Å²) in [5.41, 5.74) is 2.43. The molecule has 1 saturated heterocycles. The van der Waals surface area contributed by atoms with Crippen LogP contribution in [0.5, 0.6) is 0 Å². The SMILES string of the molecule is C[C@@H]1CCCN(CCCNC(=O)c2ccc(-c3c(-c4ccc(F)cc4)ncn3C3CCCCC3)o2)C1. The third-order valence-electron chi connectivity index (χ3n) is 7.62. The zero-order valence-corrected chi connectivity index (χ0v) is 21.2. The van der Waals surface area contributed by atoms with Crippen molar-refractivity contribution in [2.75, 3.05) is 26.2 Å². The fourth-order valence-electron chi connectivity index (χ4n) is 5.73. The number of aromatic nitrogens is 2. The summed E-state index contributed by atoms with van der Waals surface area (Å²) in [5, 5.41) is 3.02. The van der Waals surface area contributed by atoms with E-state index < -0.39 is 0 Å². The summed E-state index contributed by atoms with van der Waals surface area (Å²) in [6.45, 7) is 6.26. The minimum atomic E-state index is -0.279. The first-order valence-corrected chi connectivity index (χ1v) is 13.5. The van der Waals surface area contributed by atoms with Gasteiger partial charge in [0, 0.05) is 24.7 Å². The molecule has 0 bridgehead atoms. The predicted octanol–water partition coefficient (Wildman–Crippen LogP) is 6.31. The number of rotatable bonds is 8. The van der Waals surface area contributed by atoms with Crippen LogP contribution in [0.1, 0.15) is 74.9 Å². The number of nitrogens with one attached hydrogen (secondary N) is 1. The molecule has 7 heteroatoms. The highest BCUT2D eigenvalue weighted by Gasteiger charge is 2.25. The number of carbonyl (C=O) groups excluding carboxylic acids is 1.